The highest BCUT2D eigenvalue weighted by Gasteiger charge is 2.25. The molecule has 3 aromatic rings. The maximum atomic E-state index is 11.9. The number of piperazine rings is 1. The highest BCUT2D eigenvalue weighted by atomic mass is 32.2. The van der Waals surface area contributed by atoms with Crippen LogP contribution in [0, 0.1) is 12.3 Å². The van der Waals surface area contributed by atoms with Gasteiger partial charge < -0.3 is 14.4 Å². The van der Waals surface area contributed by atoms with Gasteiger partial charge >= 0.3 is 0 Å². The van der Waals surface area contributed by atoms with Gasteiger partial charge in [-0.15, -0.1) is 6.42 Å². The fourth-order valence-corrected chi connectivity index (χ4v) is 5.15. The van der Waals surface area contributed by atoms with Gasteiger partial charge in [-0.1, -0.05) is 24.1 Å². The van der Waals surface area contributed by atoms with E-state index in [1.54, 1.807) is 6.21 Å². The van der Waals surface area contributed by atoms with Crippen molar-refractivity contribution in [3.63, 3.8) is 0 Å². The van der Waals surface area contributed by atoms with Gasteiger partial charge in [-0.2, -0.15) is 19.4 Å². The molecule has 1 aliphatic rings. The summed E-state index contributed by atoms with van der Waals surface area (Å²) in [6.45, 7) is 8.08. The molecule has 1 aliphatic heterocycles. The molecule has 1 aromatic carbocycles. The van der Waals surface area contributed by atoms with Crippen LogP contribution < -0.4 is 15.2 Å². The molecule has 0 aliphatic carbocycles. The predicted molar refractivity (Wildman–Crippen MR) is 146 cm³/mol. The number of anilines is 3. The average molecular weight is 509 g/mol. The first-order valence-electron chi connectivity index (χ1n) is 12.0. The molecule has 0 saturated carbocycles. The third-order valence-corrected chi connectivity index (χ3v) is 7.55. The Bertz CT molecular complexity index is 1380. The van der Waals surface area contributed by atoms with Gasteiger partial charge in [-0.25, -0.2) is 8.42 Å². The van der Waals surface area contributed by atoms with E-state index < -0.39 is 10.0 Å². The van der Waals surface area contributed by atoms with E-state index in [2.05, 4.69) is 40.2 Å². The maximum Gasteiger partial charge on any atom is 0.229 e. The first kappa shape index (κ1) is 25.5. The molecule has 1 N–H and O–H groups in total. The summed E-state index contributed by atoms with van der Waals surface area (Å²) in [6, 6.07) is 9.93. The summed E-state index contributed by atoms with van der Waals surface area (Å²) in [5, 5.41) is 5.53. The van der Waals surface area contributed by atoms with Gasteiger partial charge in [0, 0.05) is 68.0 Å². The van der Waals surface area contributed by atoms with E-state index in [1.165, 1.54) is 10.6 Å². The van der Waals surface area contributed by atoms with Gasteiger partial charge in [-0.05, 0) is 19.9 Å². The molecule has 0 spiro atoms. The molecule has 2 aromatic heterocycles. The number of aromatic nitrogens is 3. The number of nitrogens with zero attached hydrogens (tertiary/aromatic N) is 7. The second-order valence-electron chi connectivity index (χ2n) is 8.54. The Kier molecular flexibility index (Phi) is 7.76. The van der Waals surface area contributed by atoms with E-state index in [1.807, 2.05) is 46.0 Å². The molecule has 36 heavy (non-hydrogen) atoms. The molecule has 0 unspecified atom stereocenters. The lowest BCUT2D eigenvalue weighted by atomic mass is 10.2. The molecule has 0 amide bonds. The van der Waals surface area contributed by atoms with Crippen LogP contribution in [0.25, 0.3) is 10.9 Å². The van der Waals surface area contributed by atoms with Crippen LogP contribution in [0.1, 0.15) is 19.4 Å². The smallest absolute Gasteiger partial charge is 0.229 e. The van der Waals surface area contributed by atoms with Gasteiger partial charge in [0.1, 0.15) is 5.82 Å². The quantitative estimate of drug-likeness (QED) is 0.269. The van der Waals surface area contributed by atoms with Crippen LogP contribution in [0.2, 0.25) is 0 Å². The normalized spacial score (nSPS) is 14.9. The van der Waals surface area contributed by atoms with Crippen LogP contribution in [0.15, 0.2) is 41.6 Å². The van der Waals surface area contributed by atoms with Crippen molar-refractivity contribution < 1.29 is 8.42 Å². The Balaban J connectivity index is 1.59. The largest absolute Gasteiger partial charge is 0.357 e. The van der Waals surface area contributed by atoms with E-state index in [-0.39, 0.29) is 0 Å². The standard InChI is InChI=1S/C25H32N8O2S/c1-5-12-32-19-20(21-10-8-9-11-22(21)32)18-26-29-23-17-24(30(6-2)7-3)28-25(27-23)31-13-15-33(16-14-31)36(4,34)35/h1,8-11,17-19H,6-7,12-16H2,2-4H3,(H,27,28,29)/b26-18+. The first-order chi connectivity index (χ1) is 17.3. The van der Waals surface area contributed by atoms with Crippen molar-refractivity contribution in [2.75, 3.05) is 60.7 Å². The van der Waals surface area contributed by atoms with Crippen molar-refractivity contribution in [2.24, 2.45) is 5.10 Å². The predicted octanol–water partition coefficient (Wildman–Crippen LogP) is 2.44. The number of hydrazone groups is 1. The van der Waals surface area contributed by atoms with Crippen molar-refractivity contribution in [1.29, 1.82) is 0 Å². The third kappa shape index (κ3) is 5.61. The van der Waals surface area contributed by atoms with Crippen LogP contribution >= 0.6 is 0 Å². The summed E-state index contributed by atoms with van der Waals surface area (Å²) in [6.07, 6.45) is 10.5. The van der Waals surface area contributed by atoms with Gasteiger partial charge in [0.2, 0.25) is 16.0 Å². The first-order valence-corrected chi connectivity index (χ1v) is 13.8. The average Bonchev–Trinajstić information content (AvgIpc) is 3.22. The Morgan fingerprint density at radius 1 is 1.17 bits per heavy atom. The Morgan fingerprint density at radius 3 is 2.56 bits per heavy atom. The number of hydrogen-bond acceptors (Lipinski definition) is 8. The molecule has 11 heteroatoms. The van der Waals surface area contributed by atoms with Gasteiger partial charge in [0.25, 0.3) is 0 Å². The summed E-state index contributed by atoms with van der Waals surface area (Å²) < 4.78 is 27.3. The molecular formula is C25H32N8O2S. The fraction of sp³-hybridized carbons (Fsp3) is 0.400. The second kappa shape index (κ2) is 11.0. The minimum absolute atomic E-state index is 0.403. The zero-order chi connectivity index (χ0) is 25.7. The lowest BCUT2D eigenvalue weighted by Crippen LogP contribution is -2.49. The zero-order valence-electron chi connectivity index (χ0n) is 20.9. The van der Waals surface area contributed by atoms with Crippen LogP contribution in [-0.2, 0) is 16.6 Å². The SMILES string of the molecule is C#CCn1cc(/C=N/Nc2cc(N(CC)CC)nc(N3CCN(S(C)(=O)=O)CC3)n2)c2ccccc21. The number of terminal acetylenes is 1. The molecule has 0 atom stereocenters. The summed E-state index contributed by atoms with van der Waals surface area (Å²) in [4.78, 5) is 13.6. The van der Waals surface area contributed by atoms with Crippen LogP contribution in [0.3, 0.4) is 0 Å². The number of rotatable bonds is 9. The lowest BCUT2D eigenvalue weighted by Gasteiger charge is -2.33. The van der Waals surface area contributed by atoms with Crippen molar-refractivity contribution >= 4 is 44.7 Å². The Morgan fingerprint density at radius 2 is 1.89 bits per heavy atom. The van der Waals surface area contributed by atoms with E-state index >= 15 is 0 Å². The van der Waals surface area contributed by atoms with E-state index in [0.29, 0.717) is 44.5 Å². The highest BCUT2D eigenvalue weighted by Crippen LogP contribution is 2.23. The zero-order valence-corrected chi connectivity index (χ0v) is 21.7. The van der Waals surface area contributed by atoms with Crippen LogP contribution in [0.4, 0.5) is 17.6 Å². The number of fused-ring (bicyclic) bond motifs is 1. The van der Waals surface area contributed by atoms with Gasteiger partial charge in [-0.3, -0.25) is 5.43 Å². The molecule has 1 saturated heterocycles. The molecule has 1 fully saturated rings. The maximum absolute atomic E-state index is 11.9. The molecule has 190 valence electrons. The monoisotopic (exact) mass is 508 g/mol. The lowest BCUT2D eigenvalue weighted by molar-refractivity contribution is 0.385. The fourth-order valence-electron chi connectivity index (χ4n) is 4.33. The second-order valence-corrected chi connectivity index (χ2v) is 10.5. The third-order valence-electron chi connectivity index (χ3n) is 6.24. The topological polar surface area (TPSA) is 99.0 Å². The molecule has 3 heterocycles. The minimum atomic E-state index is -3.21. The summed E-state index contributed by atoms with van der Waals surface area (Å²) in [5.41, 5.74) is 5.07. The summed E-state index contributed by atoms with van der Waals surface area (Å²) in [5.74, 6) is 4.60. The van der Waals surface area contributed by atoms with E-state index in [0.717, 1.165) is 35.4 Å². The van der Waals surface area contributed by atoms with Gasteiger partial charge in [0.05, 0.1) is 19.0 Å². The van der Waals surface area contributed by atoms with E-state index in [4.69, 9.17) is 11.4 Å². The van der Waals surface area contributed by atoms with Crippen molar-refractivity contribution in [3.8, 4) is 12.3 Å². The number of benzene rings is 1. The molecule has 0 bridgehead atoms. The highest BCUT2D eigenvalue weighted by molar-refractivity contribution is 7.88. The summed E-state index contributed by atoms with van der Waals surface area (Å²) >= 11 is 0. The van der Waals surface area contributed by atoms with Crippen LogP contribution in [0.5, 0.6) is 0 Å². The van der Waals surface area contributed by atoms with Crippen molar-refractivity contribution in [1.82, 2.24) is 18.8 Å². The Hall–Kier alpha value is -3.62. The summed E-state index contributed by atoms with van der Waals surface area (Å²) in [7, 11) is -3.21. The van der Waals surface area contributed by atoms with Gasteiger partial charge in [0.15, 0.2) is 5.82 Å². The number of sulfonamides is 1. The number of para-hydroxylation sites is 1. The molecule has 0 radical (unpaired) electrons. The van der Waals surface area contributed by atoms with E-state index in [9.17, 15) is 8.42 Å². The van der Waals surface area contributed by atoms with Crippen molar-refractivity contribution in [2.45, 2.75) is 20.4 Å². The van der Waals surface area contributed by atoms with Crippen LogP contribution in [-0.4, -0.2) is 79.0 Å². The minimum Gasteiger partial charge on any atom is -0.357 e. The molecule has 10 nitrogen and oxygen atoms in total. The van der Waals surface area contributed by atoms with Crippen molar-refractivity contribution in [3.05, 3.63) is 42.1 Å². The molecule has 4 rings (SSSR count). The number of nitrogens with one attached hydrogen (secondary N) is 1. The number of hydrogen-bond donors (Lipinski definition) is 1. The molecular weight excluding hydrogens is 476 g/mol. The Labute approximate surface area is 212 Å².